The van der Waals surface area contributed by atoms with Gasteiger partial charge in [-0.3, -0.25) is 4.79 Å². The molecule has 24 heavy (non-hydrogen) atoms. The van der Waals surface area contributed by atoms with Gasteiger partial charge >= 0.3 is 6.09 Å². The lowest BCUT2D eigenvalue weighted by Crippen LogP contribution is -2.43. The molecular weight excluding hydrogens is 304 g/mol. The molecule has 1 fully saturated rings. The third-order valence-corrected chi connectivity index (χ3v) is 4.32. The molecule has 0 spiro atoms. The summed E-state index contributed by atoms with van der Waals surface area (Å²) in [6.45, 7) is 5.43. The number of rotatable bonds is 1. The number of carbonyl (C=O) groups is 2. The average molecular weight is 328 g/mol. The molecule has 2 amide bonds. The van der Waals surface area contributed by atoms with E-state index in [1.54, 1.807) is 0 Å². The van der Waals surface area contributed by atoms with E-state index >= 15 is 0 Å². The Morgan fingerprint density at radius 1 is 1.29 bits per heavy atom. The van der Waals surface area contributed by atoms with Gasteiger partial charge in [0.15, 0.2) is 0 Å². The highest BCUT2D eigenvalue weighted by Gasteiger charge is 2.52. The van der Waals surface area contributed by atoms with Gasteiger partial charge in [0, 0.05) is 31.8 Å². The molecule has 0 radical (unpaired) electrons. The van der Waals surface area contributed by atoms with Gasteiger partial charge in [0.05, 0.1) is 6.04 Å². The fourth-order valence-electron chi connectivity index (χ4n) is 3.55. The average Bonchev–Trinajstić information content (AvgIpc) is 2.92. The third-order valence-electron chi connectivity index (χ3n) is 4.32. The maximum Gasteiger partial charge on any atom is 0.417 e. The summed E-state index contributed by atoms with van der Waals surface area (Å²) in [4.78, 5) is 28.7. The maximum atomic E-state index is 12.9. The Morgan fingerprint density at radius 3 is 2.58 bits per heavy atom. The van der Waals surface area contributed by atoms with Gasteiger partial charge in [0.2, 0.25) is 0 Å². The molecule has 128 valence electrons. The van der Waals surface area contributed by atoms with Crippen molar-refractivity contribution in [1.82, 2.24) is 9.80 Å². The molecule has 5 nitrogen and oxygen atoms in total. The van der Waals surface area contributed by atoms with E-state index in [9.17, 15) is 9.59 Å². The maximum absolute atomic E-state index is 12.9. The Morgan fingerprint density at radius 2 is 1.96 bits per heavy atom. The Kier molecular flexibility index (Phi) is 3.90. The van der Waals surface area contributed by atoms with Crippen LogP contribution < -0.4 is 0 Å². The van der Waals surface area contributed by atoms with Gasteiger partial charge in [-0.05, 0) is 38.3 Å². The van der Waals surface area contributed by atoms with Crippen molar-refractivity contribution < 1.29 is 14.3 Å². The van der Waals surface area contributed by atoms with Gasteiger partial charge < -0.3 is 9.64 Å². The lowest BCUT2D eigenvalue weighted by molar-refractivity contribution is -0.125. The van der Waals surface area contributed by atoms with Crippen LogP contribution >= 0.6 is 0 Å². The Balaban J connectivity index is 2.02. The summed E-state index contributed by atoms with van der Waals surface area (Å²) in [6.07, 6.45) is 1.95. The summed E-state index contributed by atoms with van der Waals surface area (Å²) < 4.78 is 5.48. The summed E-state index contributed by atoms with van der Waals surface area (Å²) in [5, 5.41) is 0. The number of ether oxygens (including phenoxy) is 1. The minimum Gasteiger partial charge on any atom is -0.443 e. The molecular formula is C19H24N2O3. The molecule has 5 heteroatoms. The van der Waals surface area contributed by atoms with Crippen LogP contribution in [0.3, 0.4) is 0 Å². The zero-order chi connectivity index (χ0) is 17.6. The van der Waals surface area contributed by atoms with Gasteiger partial charge in [-0.2, -0.15) is 0 Å². The van der Waals surface area contributed by atoms with Crippen LogP contribution in [-0.4, -0.2) is 47.5 Å². The second-order valence-corrected chi connectivity index (χ2v) is 7.65. The van der Waals surface area contributed by atoms with E-state index in [2.05, 4.69) is 12.1 Å². The van der Waals surface area contributed by atoms with Crippen LogP contribution in [0.2, 0.25) is 0 Å². The Labute approximate surface area is 142 Å². The van der Waals surface area contributed by atoms with Crippen molar-refractivity contribution >= 4 is 12.0 Å². The topological polar surface area (TPSA) is 49.9 Å². The third kappa shape index (κ3) is 2.79. The van der Waals surface area contributed by atoms with Crippen LogP contribution in [-0.2, 0) is 16.0 Å². The molecule has 2 unspecified atom stereocenters. The smallest absolute Gasteiger partial charge is 0.417 e. The number of benzene rings is 1. The first-order valence-corrected chi connectivity index (χ1v) is 8.21. The number of hydrogen-bond acceptors (Lipinski definition) is 4. The molecule has 1 saturated heterocycles. The van der Waals surface area contributed by atoms with Crippen molar-refractivity contribution in [2.45, 2.75) is 44.8 Å². The highest BCUT2D eigenvalue weighted by molar-refractivity contribution is 6.07. The number of likely N-dealkylation sites (tertiary alicyclic amines) is 1. The molecule has 0 aromatic heterocycles. The minimum absolute atomic E-state index is 0.0800. The number of carbonyl (C=O) groups excluding carboxylic acids is 2. The number of hydrogen-bond donors (Lipinski definition) is 0. The van der Waals surface area contributed by atoms with Gasteiger partial charge in [0.25, 0.3) is 5.91 Å². The van der Waals surface area contributed by atoms with Crippen LogP contribution in [0.4, 0.5) is 4.79 Å². The molecule has 0 saturated carbocycles. The lowest BCUT2D eigenvalue weighted by atomic mass is 9.94. The van der Waals surface area contributed by atoms with E-state index in [-0.39, 0.29) is 17.9 Å². The standard InChI is InChI=1S/C19H24N2O3/c1-19(2,3)24-18(23)21-15-10-12-8-6-7-9-13(12)16(15)14(17(21)22)11-20(4)5/h6-9,11,15-16H,10H2,1-5H3/b14-11+. The molecule has 1 aliphatic heterocycles. The van der Waals surface area contributed by atoms with E-state index in [4.69, 9.17) is 4.74 Å². The van der Waals surface area contributed by atoms with E-state index in [1.807, 2.05) is 58.1 Å². The fraction of sp³-hybridized carbons (Fsp3) is 0.474. The van der Waals surface area contributed by atoms with Crippen LogP contribution in [0.5, 0.6) is 0 Å². The Hall–Kier alpha value is -2.30. The number of amides is 2. The van der Waals surface area contributed by atoms with E-state index in [1.165, 1.54) is 10.5 Å². The van der Waals surface area contributed by atoms with Crippen LogP contribution in [0.25, 0.3) is 0 Å². The predicted octanol–water partition coefficient (Wildman–Crippen LogP) is 2.92. The lowest BCUT2D eigenvalue weighted by Gasteiger charge is -2.26. The number of fused-ring (bicyclic) bond motifs is 3. The molecule has 1 aromatic carbocycles. The Bertz CT molecular complexity index is 716. The molecule has 2 atom stereocenters. The minimum atomic E-state index is -0.633. The molecule has 1 aromatic rings. The SMILES string of the molecule is CN(C)/C=C1/C(=O)N(C(=O)OC(C)(C)C)C2Cc3ccccc3C12. The molecule has 0 N–H and O–H groups in total. The molecule has 2 aliphatic rings. The fourth-order valence-corrected chi connectivity index (χ4v) is 3.55. The number of imide groups is 1. The summed E-state index contributed by atoms with van der Waals surface area (Å²) >= 11 is 0. The first-order chi connectivity index (χ1) is 11.2. The van der Waals surface area contributed by atoms with Crippen molar-refractivity contribution in [2.24, 2.45) is 0 Å². The zero-order valence-electron chi connectivity index (χ0n) is 14.9. The first kappa shape index (κ1) is 16.6. The molecule has 1 heterocycles. The van der Waals surface area contributed by atoms with Crippen LogP contribution in [0.1, 0.15) is 37.8 Å². The second kappa shape index (κ2) is 5.65. The number of nitrogens with zero attached hydrogens (tertiary/aromatic N) is 2. The molecule has 0 bridgehead atoms. The first-order valence-electron chi connectivity index (χ1n) is 8.21. The van der Waals surface area contributed by atoms with Crippen LogP contribution in [0.15, 0.2) is 36.0 Å². The normalized spacial score (nSPS) is 24.1. The van der Waals surface area contributed by atoms with Gasteiger partial charge in [-0.25, -0.2) is 9.69 Å². The largest absolute Gasteiger partial charge is 0.443 e. The van der Waals surface area contributed by atoms with E-state index in [0.29, 0.717) is 12.0 Å². The predicted molar refractivity (Wildman–Crippen MR) is 91.5 cm³/mol. The summed E-state index contributed by atoms with van der Waals surface area (Å²) in [7, 11) is 3.76. The van der Waals surface area contributed by atoms with Crippen molar-refractivity contribution in [1.29, 1.82) is 0 Å². The van der Waals surface area contributed by atoms with Crippen molar-refractivity contribution in [2.75, 3.05) is 14.1 Å². The monoisotopic (exact) mass is 328 g/mol. The highest BCUT2D eigenvalue weighted by atomic mass is 16.6. The second-order valence-electron chi connectivity index (χ2n) is 7.65. The summed E-state index contributed by atoms with van der Waals surface area (Å²) in [5.74, 6) is -0.328. The van der Waals surface area contributed by atoms with E-state index in [0.717, 1.165) is 5.56 Å². The van der Waals surface area contributed by atoms with Gasteiger partial charge in [-0.15, -0.1) is 0 Å². The summed E-state index contributed by atoms with van der Waals surface area (Å²) in [5.41, 5.74) is 2.35. The van der Waals surface area contributed by atoms with Crippen molar-refractivity contribution in [3.63, 3.8) is 0 Å². The van der Waals surface area contributed by atoms with Crippen molar-refractivity contribution in [3.05, 3.63) is 47.2 Å². The van der Waals surface area contributed by atoms with Gasteiger partial charge in [-0.1, -0.05) is 24.3 Å². The van der Waals surface area contributed by atoms with Crippen LogP contribution in [0, 0.1) is 0 Å². The molecule has 3 rings (SSSR count). The van der Waals surface area contributed by atoms with Crippen molar-refractivity contribution in [3.8, 4) is 0 Å². The highest BCUT2D eigenvalue weighted by Crippen LogP contribution is 2.47. The van der Waals surface area contributed by atoms with Gasteiger partial charge in [0.1, 0.15) is 5.60 Å². The van der Waals surface area contributed by atoms with E-state index < -0.39 is 11.7 Å². The molecule has 1 aliphatic carbocycles. The quantitative estimate of drug-likeness (QED) is 0.744. The zero-order valence-corrected chi connectivity index (χ0v) is 14.9. The summed E-state index contributed by atoms with van der Waals surface area (Å²) in [6, 6.07) is 7.90.